The van der Waals surface area contributed by atoms with E-state index in [2.05, 4.69) is 15.6 Å². The first-order chi connectivity index (χ1) is 22.5. The summed E-state index contributed by atoms with van der Waals surface area (Å²) in [5, 5.41) is 12.0. The van der Waals surface area contributed by atoms with Crippen LogP contribution >= 0.6 is 0 Å². The number of nitrogens with zero attached hydrogens (tertiary/aromatic N) is 4. The van der Waals surface area contributed by atoms with E-state index in [9.17, 15) is 14.4 Å². The molecule has 0 atom stereocenters. The number of hydrogen-bond acceptors (Lipinski definition) is 8. The predicted molar refractivity (Wildman–Crippen MR) is 167 cm³/mol. The van der Waals surface area contributed by atoms with E-state index in [4.69, 9.17) is 14.3 Å². The Hall–Kier alpha value is -5.81. The largest absolute Gasteiger partial charge is 0.497 e. The van der Waals surface area contributed by atoms with Crippen molar-refractivity contribution in [3.63, 3.8) is 0 Å². The maximum Gasteiger partial charge on any atom is 0.285 e. The van der Waals surface area contributed by atoms with Crippen molar-refractivity contribution in [2.24, 2.45) is 0 Å². The van der Waals surface area contributed by atoms with Crippen LogP contribution < -0.4 is 14.8 Å². The quantitative estimate of drug-likeness (QED) is 0.190. The van der Waals surface area contributed by atoms with Gasteiger partial charge in [0.25, 0.3) is 17.7 Å². The first-order valence-corrected chi connectivity index (χ1v) is 14.7. The molecule has 0 fully saturated rings. The second-order valence-corrected chi connectivity index (χ2v) is 10.6. The molecule has 0 unspecified atom stereocenters. The zero-order valence-corrected chi connectivity index (χ0v) is 25.1. The summed E-state index contributed by atoms with van der Waals surface area (Å²) >= 11 is 0. The molecule has 3 amide bonds. The molecular formula is C35H31N5O6. The minimum absolute atomic E-state index is 0.0218. The molecule has 1 aromatic heterocycles. The second-order valence-electron chi connectivity index (χ2n) is 10.6. The SMILES string of the molecule is COc1ccc(CON2C(=O)c3ccc(C(=O)NCCc4ccc(OCc5cn(Cc6ccccc6)nn5)cc4)cc3C2=O)cc1. The number of ether oxygens (including phenoxy) is 2. The van der Waals surface area contributed by atoms with E-state index in [1.807, 2.05) is 60.8 Å². The van der Waals surface area contributed by atoms with Crippen LogP contribution in [0.1, 0.15) is 53.5 Å². The van der Waals surface area contributed by atoms with E-state index < -0.39 is 11.8 Å². The van der Waals surface area contributed by atoms with Gasteiger partial charge in [-0.05, 0) is 65.6 Å². The smallest absolute Gasteiger partial charge is 0.285 e. The first-order valence-electron chi connectivity index (χ1n) is 14.7. The Morgan fingerprint density at radius 1 is 0.783 bits per heavy atom. The lowest BCUT2D eigenvalue weighted by molar-refractivity contribution is -0.101. The van der Waals surface area contributed by atoms with E-state index in [1.54, 1.807) is 36.1 Å². The van der Waals surface area contributed by atoms with E-state index in [-0.39, 0.29) is 29.2 Å². The third-order valence-corrected chi connectivity index (χ3v) is 7.41. The number of hydroxylamine groups is 2. The molecule has 5 aromatic rings. The van der Waals surface area contributed by atoms with Crippen LogP contribution in [0.3, 0.4) is 0 Å². The van der Waals surface area contributed by atoms with Gasteiger partial charge in [0.05, 0.1) is 31.0 Å². The molecule has 1 aliphatic heterocycles. The van der Waals surface area contributed by atoms with Gasteiger partial charge in [-0.15, -0.1) is 10.2 Å². The summed E-state index contributed by atoms with van der Waals surface area (Å²) in [6.07, 6.45) is 2.46. The molecule has 6 rings (SSSR count). The van der Waals surface area contributed by atoms with Crippen molar-refractivity contribution in [2.75, 3.05) is 13.7 Å². The number of carbonyl (C=O) groups is 3. The molecule has 46 heavy (non-hydrogen) atoms. The Morgan fingerprint density at radius 3 is 2.26 bits per heavy atom. The van der Waals surface area contributed by atoms with Crippen molar-refractivity contribution in [3.8, 4) is 11.5 Å². The average Bonchev–Trinajstić information content (AvgIpc) is 3.64. The molecule has 0 aliphatic carbocycles. The highest BCUT2D eigenvalue weighted by atomic mass is 16.7. The fourth-order valence-corrected chi connectivity index (χ4v) is 4.92. The molecule has 4 aromatic carbocycles. The average molecular weight is 618 g/mol. The van der Waals surface area contributed by atoms with Crippen molar-refractivity contribution < 1.29 is 28.7 Å². The molecule has 11 heteroatoms. The number of rotatable bonds is 13. The van der Waals surface area contributed by atoms with Crippen LogP contribution in [-0.2, 0) is 31.0 Å². The second kappa shape index (κ2) is 13.9. The lowest BCUT2D eigenvalue weighted by Crippen LogP contribution is -2.29. The minimum atomic E-state index is -0.609. The normalized spacial score (nSPS) is 12.2. The highest BCUT2D eigenvalue weighted by Crippen LogP contribution is 2.25. The molecule has 0 bridgehead atoms. The third kappa shape index (κ3) is 7.11. The number of hydrogen-bond donors (Lipinski definition) is 1. The van der Waals surface area contributed by atoms with Crippen LogP contribution in [0.25, 0.3) is 0 Å². The highest BCUT2D eigenvalue weighted by Gasteiger charge is 2.37. The predicted octanol–water partition coefficient (Wildman–Crippen LogP) is 4.61. The Kier molecular flexibility index (Phi) is 9.12. The maximum absolute atomic E-state index is 12.9. The van der Waals surface area contributed by atoms with Gasteiger partial charge in [0.15, 0.2) is 0 Å². The zero-order chi connectivity index (χ0) is 31.9. The van der Waals surface area contributed by atoms with Gasteiger partial charge in [-0.2, -0.15) is 0 Å². The molecule has 1 aliphatic rings. The Bertz CT molecular complexity index is 1840. The number of aromatic nitrogens is 3. The Balaban J connectivity index is 0.958. The standard InChI is InChI=1S/C35H31N5O6/c1-44-29-12-9-26(10-13-29)22-46-40-34(42)31-16-11-27(19-32(31)35(40)43)33(41)36-18-17-24-7-14-30(15-8-24)45-23-28-21-39(38-37-28)20-25-5-3-2-4-6-25/h2-16,19,21H,17-18,20,22-23H2,1H3,(H,36,41). The van der Waals surface area contributed by atoms with Crippen molar-refractivity contribution in [3.05, 3.63) is 142 Å². The highest BCUT2D eigenvalue weighted by molar-refractivity contribution is 6.21. The lowest BCUT2D eigenvalue weighted by Gasteiger charge is -2.13. The van der Waals surface area contributed by atoms with Crippen LogP contribution in [-0.4, -0.2) is 51.4 Å². The molecule has 0 spiro atoms. The van der Waals surface area contributed by atoms with Crippen LogP contribution in [0.2, 0.25) is 0 Å². The summed E-state index contributed by atoms with van der Waals surface area (Å²) < 4.78 is 12.8. The van der Waals surface area contributed by atoms with E-state index in [0.717, 1.165) is 27.4 Å². The lowest BCUT2D eigenvalue weighted by atomic mass is 10.1. The number of amides is 3. The number of fused-ring (bicyclic) bond motifs is 1. The first kappa shape index (κ1) is 30.2. The van der Waals surface area contributed by atoms with Gasteiger partial charge in [-0.25, -0.2) is 4.68 Å². The fraction of sp³-hybridized carbons (Fsp3) is 0.171. The van der Waals surface area contributed by atoms with Crippen molar-refractivity contribution in [2.45, 2.75) is 26.2 Å². The number of benzene rings is 4. The molecular weight excluding hydrogens is 586 g/mol. The van der Waals surface area contributed by atoms with Gasteiger partial charge in [0, 0.05) is 12.1 Å². The summed E-state index contributed by atoms with van der Waals surface area (Å²) in [5.41, 5.74) is 4.25. The van der Waals surface area contributed by atoms with Gasteiger partial charge in [-0.3, -0.25) is 19.2 Å². The van der Waals surface area contributed by atoms with Crippen LogP contribution in [0.15, 0.2) is 103 Å². The summed E-state index contributed by atoms with van der Waals surface area (Å²) in [6, 6.07) is 29.2. The Labute approximate surface area is 265 Å². The number of carbonyl (C=O) groups excluding carboxylic acids is 3. The molecule has 1 N–H and O–H groups in total. The topological polar surface area (TPSA) is 125 Å². The van der Waals surface area contributed by atoms with Gasteiger partial charge < -0.3 is 14.8 Å². The third-order valence-electron chi connectivity index (χ3n) is 7.41. The number of nitrogens with one attached hydrogen (secondary N) is 1. The van der Waals surface area contributed by atoms with Crippen LogP contribution in [0, 0.1) is 0 Å². The molecule has 0 radical (unpaired) electrons. The van der Waals surface area contributed by atoms with E-state index in [1.165, 1.54) is 18.2 Å². The van der Waals surface area contributed by atoms with Gasteiger partial charge >= 0.3 is 0 Å². The van der Waals surface area contributed by atoms with Gasteiger partial charge in [-0.1, -0.05) is 59.8 Å². The maximum atomic E-state index is 12.9. The molecule has 232 valence electrons. The van der Waals surface area contributed by atoms with E-state index >= 15 is 0 Å². The Morgan fingerprint density at radius 2 is 1.50 bits per heavy atom. The minimum Gasteiger partial charge on any atom is -0.497 e. The molecule has 2 heterocycles. The van der Waals surface area contributed by atoms with Crippen molar-refractivity contribution >= 4 is 17.7 Å². The summed E-state index contributed by atoms with van der Waals surface area (Å²) in [5.74, 6) is -0.137. The monoisotopic (exact) mass is 617 g/mol. The summed E-state index contributed by atoms with van der Waals surface area (Å²) in [6.45, 7) is 1.34. The van der Waals surface area contributed by atoms with Crippen LogP contribution in [0.5, 0.6) is 11.5 Å². The fourth-order valence-electron chi connectivity index (χ4n) is 4.92. The van der Waals surface area contributed by atoms with Gasteiger partial charge in [0.2, 0.25) is 0 Å². The zero-order valence-electron chi connectivity index (χ0n) is 25.1. The molecule has 0 saturated heterocycles. The number of methoxy groups -OCH3 is 1. The van der Waals surface area contributed by atoms with Gasteiger partial charge in [0.1, 0.15) is 30.4 Å². The molecule has 11 nitrogen and oxygen atoms in total. The van der Waals surface area contributed by atoms with Crippen LogP contribution in [0.4, 0.5) is 0 Å². The number of imide groups is 1. The van der Waals surface area contributed by atoms with Crippen molar-refractivity contribution in [1.29, 1.82) is 0 Å². The summed E-state index contributed by atoms with van der Waals surface area (Å²) in [7, 11) is 1.57. The molecule has 0 saturated carbocycles. The van der Waals surface area contributed by atoms with E-state index in [0.29, 0.717) is 37.6 Å². The van der Waals surface area contributed by atoms with Crippen molar-refractivity contribution in [1.82, 2.24) is 25.4 Å². The summed E-state index contributed by atoms with van der Waals surface area (Å²) in [4.78, 5) is 44.1.